The van der Waals surface area contributed by atoms with Crippen LogP contribution in [0.1, 0.15) is 23.9 Å². The molecule has 0 amide bonds. The van der Waals surface area contributed by atoms with E-state index in [-0.39, 0.29) is 11.9 Å². The molecule has 0 atom stereocenters. The Morgan fingerprint density at radius 3 is 2.60 bits per heavy atom. The second-order valence-corrected chi connectivity index (χ2v) is 7.42. The molecule has 2 aromatic heterocycles. The molecule has 0 saturated carbocycles. The summed E-state index contributed by atoms with van der Waals surface area (Å²) in [6, 6.07) is 6.25. The molecule has 25 heavy (non-hydrogen) atoms. The van der Waals surface area contributed by atoms with E-state index in [1.807, 2.05) is 0 Å². The lowest BCUT2D eigenvalue weighted by atomic mass is 10.1. The fourth-order valence-electron chi connectivity index (χ4n) is 2.28. The number of benzene rings is 1. The first kappa shape index (κ1) is 17.4. The number of nitrogens with one attached hydrogen (secondary N) is 1. The van der Waals surface area contributed by atoms with Crippen molar-refractivity contribution in [2.75, 3.05) is 16.8 Å². The lowest BCUT2D eigenvalue weighted by molar-refractivity contribution is 0.979. The maximum absolute atomic E-state index is 5.57. The zero-order valence-corrected chi connectivity index (χ0v) is 15.5. The molecule has 3 rings (SSSR count). The fraction of sp³-hybridized carbons (Fsp3) is 0.267. The number of aryl methyl sites for hydroxylation is 2. The first-order chi connectivity index (χ1) is 12.0. The summed E-state index contributed by atoms with van der Waals surface area (Å²) >= 11 is 2.96. The van der Waals surface area contributed by atoms with Crippen LogP contribution in [-0.2, 0) is 12.2 Å². The van der Waals surface area contributed by atoms with Crippen molar-refractivity contribution in [2.45, 2.75) is 30.4 Å². The summed E-state index contributed by atoms with van der Waals surface area (Å²) in [6.45, 7) is 4.21. The van der Waals surface area contributed by atoms with Gasteiger partial charge in [0.25, 0.3) is 0 Å². The second kappa shape index (κ2) is 7.62. The van der Waals surface area contributed by atoms with Crippen molar-refractivity contribution in [2.24, 2.45) is 0 Å². The highest BCUT2D eigenvalue weighted by molar-refractivity contribution is 8.00. The average Bonchev–Trinajstić information content (AvgIpc) is 3.01. The topological polar surface area (TPSA) is 129 Å². The number of rotatable bonds is 6. The zero-order valence-electron chi connectivity index (χ0n) is 13.9. The summed E-state index contributed by atoms with van der Waals surface area (Å²) in [6.07, 6.45) is 0.951. The molecule has 1 aromatic carbocycles. The van der Waals surface area contributed by atoms with Crippen LogP contribution in [-0.4, -0.2) is 25.1 Å². The zero-order chi connectivity index (χ0) is 17.8. The predicted octanol–water partition coefficient (Wildman–Crippen LogP) is 2.79. The summed E-state index contributed by atoms with van der Waals surface area (Å²) in [5.74, 6) is 1.26. The Morgan fingerprint density at radius 1 is 1.12 bits per heavy atom. The van der Waals surface area contributed by atoms with E-state index in [2.05, 4.69) is 62.5 Å². The Balaban J connectivity index is 1.69. The monoisotopic (exact) mass is 374 g/mol. The van der Waals surface area contributed by atoms with E-state index in [1.54, 1.807) is 0 Å². The molecule has 3 aromatic rings. The van der Waals surface area contributed by atoms with Crippen molar-refractivity contribution in [1.29, 1.82) is 0 Å². The van der Waals surface area contributed by atoms with Gasteiger partial charge in [-0.15, -0.1) is 10.2 Å². The molecule has 0 fully saturated rings. The Hall–Kier alpha value is -2.46. The molecule has 0 bridgehead atoms. The summed E-state index contributed by atoms with van der Waals surface area (Å²) < 4.78 is 0.812. The van der Waals surface area contributed by atoms with Gasteiger partial charge in [-0.25, -0.2) is 0 Å². The summed E-state index contributed by atoms with van der Waals surface area (Å²) in [7, 11) is 0. The van der Waals surface area contributed by atoms with Crippen LogP contribution in [0.25, 0.3) is 0 Å². The van der Waals surface area contributed by atoms with Crippen LogP contribution in [0.3, 0.4) is 0 Å². The molecule has 0 spiro atoms. The van der Waals surface area contributed by atoms with Gasteiger partial charge < -0.3 is 16.8 Å². The van der Waals surface area contributed by atoms with E-state index in [1.165, 1.54) is 34.2 Å². The number of para-hydroxylation sites is 1. The van der Waals surface area contributed by atoms with Crippen LogP contribution < -0.4 is 16.8 Å². The van der Waals surface area contributed by atoms with Crippen molar-refractivity contribution >= 4 is 45.8 Å². The Labute approximate surface area is 153 Å². The van der Waals surface area contributed by atoms with Crippen molar-refractivity contribution in [3.8, 4) is 0 Å². The van der Waals surface area contributed by atoms with Crippen molar-refractivity contribution in [1.82, 2.24) is 25.1 Å². The molecule has 10 heteroatoms. The van der Waals surface area contributed by atoms with Gasteiger partial charge in [0.15, 0.2) is 4.34 Å². The maximum Gasteiger partial charge on any atom is 0.225 e. The van der Waals surface area contributed by atoms with Crippen molar-refractivity contribution in [3.63, 3.8) is 0 Å². The minimum absolute atomic E-state index is 0.120. The largest absolute Gasteiger partial charge is 0.368 e. The summed E-state index contributed by atoms with van der Waals surface area (Å²) in [5, 5.41) is 12.5. The Kier molecular flexibility index (Phi) is 5.29. The molecule has 8 nitrogen and oxygen atoms in total. The lowest BCUT2D eigenvalue weighted by Gasteiger charge is -2.11. The van der Waals surface area contributed by atoms with Crippen LogP contribution in [0, 0.1) is 6.92 Å². The number of thioether (sulfide) groups is 1. The molecule has 0 radical (unpaired) electrons. The minimum Gasteiger partial charge on any atom is -0.368 e. The number of nitrogen functional groups attached to an aromatic ring is 2. The Bertz CT molecular complexity index is 859. The van der Waals surface area contributed by atoms with E-state index in [9.17, 15) is 0 Å². The first-order valence-electron chi connectivity index (χ1n) is 7.63. The van der Waals surface area contributed by atoms with Gasteiger partial charge in [-0.1, -0.05) is 48.2 Å². The highest BCUT2D eigenvalue weighted by atomic mass is 32.2. The molecule has 0 aliphatic carbocycles. The third kappa shape index (κ3) is 4.34. The number of aromatic nitrogens is 5. The molecule has 0 aliphatic heterocycles. The van der Waals surface area contributed by atoms with E-state index in [0.717, 1.165) is 21.6 Å². The number of anilines is 4. The highest BCUT2D eigenvalue weighted by Gasteiger charge is 2.10. The fourth-order valence-corrected chi connectivity index (χ4v) is 3.89. The lowest BCUT2D eigenvalue weighted by Crippen LogP contribution is -2.05. The first-order valence-corrected chi connectivity index (χ1v) is 9.43. The van der Waals surface area contributed by atoms with Crippen LogP contribution in [0.2, 0.25) is 0 Å². The molecule has 5 N–H and O–H groups in total. The third-order valence-corrected chi connectivity index (χ3v) is 5.39. The van der Waals surface area contributed by atoms with E-state index >= 15 is 0 Å². The molecule has 130 valence electrons. The average molecular weight is 374 g/mol. The van der Waals surface area contributed by atoms with E-state index < -0.39 is 0 Å². The number of nitrogens with zero attached hydrogens (tertiary/aromatic N) is 5. The van der Waals surface area contributed by atoms with Gasteiger partial charge in [0.05, 0.1) is 5.75 Å². The van der Waals surface area contributed by atoms with Gasteiger partial charge >= 0.3 is 0 Å². The van der Waals surface area contributed by atoms with Crippen LogP contribution >= 0.6 is 23.1 Å². The number of hydrogen-bond donors (Lipinski definition) is 3. The van der Waals surface area contributed by atoms with Crippen LogP contribution in [0.5, 0.6) is 0 Å². The molecule has 0 aliphatic rings. The van der Waals surface area contributed by atoms with Crippen molar-refractivity contribution < 1.29 is 0 Å². The molecular formula is C15H18N8S2. The molecule has 2 heterocycles. The number of nitrogens with two attached hydrogens (primary N) is 2. The normalized spacial score (nSPS) is 10.8. The minimum atomic E-state index is 0.120. The smallest absolute Gasteiger partial charge is 0.225 e. The summed E-state index contributed by atoms with van der Waals surface area (Å²) in [5.41, 5.74) is 14.7. The second-order valence-electron chi connectivity index (χ2n) is 5.22. The van der Waals surface area contributed by atoms with E-state index in [0.29, 0.717) is 11.6 Å². The Morgan fingerprint density at radius 2 is 1.88 bits per heavy atom. The molecule has 0 saturated heterocycles. The van der Waals surface area contributed by atoms with Crippen molar-refractivity contribution in [3.05, 3.63) is 35.2 Å². The van der Waals surface area contributed by atoms with Gasteiger partial charge in [0, 0.05) is 5.69 Å². The van der Waals surface area contributed by atoms with Crippen LogP contribution in [0.15, 0.2) is 22.5 Å². The predicted molar refractivity (Wildman–Crippen MR) is 102 cm³/mol. The highest BCUT2D eigenvalue weighted by Crippen LogP contribution is 2.31. The van der Waals surface area contributed by atoms with E-state index in [4.69, 9.17) is 11.5 Å². The SMILES string of the molecule is CCc1cccc(C)c1Nc1nnc(SCc2nc(N)nc(N)n2)s1. The summed E-state index contributed by atoms with van der Waals surface area (Å²) in [4.78, 5) is 11.9. The maximum atomic E-state index is 5.57. The third-order valence-electron chi connectivity index (χ3n) is 3.42. The van der Waals surface area contributed by atoms with Gasteiger partial charge in [0.2, 0.25) is 17.0 Å². The quantitative estimate of drug-likeness (QED) is 0.558. The van der Waals surface area contributed by atoms with Crippen LogP contribution in [0.4, 0.5) is 22.7 Å². The molecule has 0 unspecified atom stereocenters. The molecular weight excluding hydrogens is 356 g/mol. The van der Waals surface area contributed by atoms with Gasteiger partial charge in [-0.2, -0.15) is 15.0 Å². The van der Waals surface area contributed by atoms with Gasteiger partial charge in [-0.3, -0.25) is 0 Å². The standard InChI is InChI=1S/C15H18N8S2/c1-3-9-6-4-5-8(2)11(9)20-14-22-23-15(25-14)24-7-10-18-12(16)21-13(17)19-10/h4-6H,3,7H2,1-2H3,(H,20,22)(H4,16,17,18,19,21). The van der Waals surface area contributed by atoms with Gasteiger partial charge in [0.1, 0.15) is 5.82 Å². The number of hydrogen-bond acceptors (Lipinski definition) is 10. The van der Waals surface area contributed by atoms with Gasteiger partial charge in [-0.05, 0) is 24.5 Å².